The standard InChI is InChI=1S/C16H17NS3/c1-12(10-13-6-9-18-11-13)17-16(14-4-2-7-19-14)15-5-3-8-20-15/h2-9,11-12,16-17H,10H2,1H3. The van der Waals surface area contributed by atoms with E-state index in [4.69, 9.17) is 0 Å². The second-order valence-corrected chi connectivity index (χ2v) is 7.61. The molecule has 0 spiro atoms. The van der Waals surface area contributed by atoms with Crippen LogP contribution in [0.1, 0.15) is 28.3 Å². The van der Waals surface area contributed by atoms with Crippen LogP contribution < -0.4 is 5.32 Å². The molecule has 1 N–H and O–H groups in total. The minimum absolute atomic E-state index is 0.323. The quantitative estimate of drug-likeness (QED) is 0.660. The summed E-state index contributed by atoms with van der Waals surface area (Å²) in [6, 6.07) is 11.7. The second-order valence-electron chi connectivity index (χ2n) is 4.87. The molecular weight excluding hydrogens is 302 g/mol. The Kier molecular flexibility index (Phi) is 4.68. The van der Waals surface area contributed by atoms with E-state index in [9.17, 15) is 0 Å². The van der Waals surface area contributed by atoms with Crippen LogP contribution in [0.5, 0.6) is 0 Å². The zero-order chi connectivity index (χ0) is 13.8. The molecule has 1 nitrogen and oxygen atoms in total. The van der Waals surface area contributed by atoms with Gasteiger partial charge in [0.15, 0.2) is 0 Å². The van der Waals surface area contributed by atoms with Crippen molar-refractivity contribution in [3.8, 4) is 0 Å². The fourth-order valence-corrected chi connectivity index (χ4v) is 4.68. The smallest absolute Gasteiger partial charge is 0.0767 e. The summed E-state index contributed by atoms with van der Waals surface area (Å²) in [7, 11) is 0. The normalized spacial score (nSPS) is 12.9. The van der Waals surface area contributed by atoms with E-state index in [0.717, 1.165) is 6.42 Å². The molecule has 0 aliphatic rings. The Labute approximate surface area is 131 Å². The van der Waals surface area contributed by atoms with E-state index < -0.39 is 0 Å². The first kappa shape index (κ1) is 14.0. The van der Waals surface area contributed by atoms with Gasteiger partial charge in [0.05, 0.1) is 6.04 Å². The summed E-state index contributed by atoms with van der Waals surface area (Å²) in [5, 5.41) is 12.5. The van der Waals surface area contributed by atoms with Gasteiger partial charge >= 0.3 is 0 Å². The first-order chi connectivity index (χ1) is 9.83. The highest BCUT2D eigenvalue weighted by atomic mass is 32.1. The first-order valence-corrected chi connectivity index (χ1v) is 9.37. The predicted molar refractivity (Wildman–Crippen MR) is 91.1 cm³/mol. The van der Waals surface area contributed by atoms with Crippen LogP contribution in [0.4, 0.5) is 0 Å². The molecule has 1 unspecified atom stereocenters. The summed E-state index contributed by atoms with van der Waals surface area (Å²) >= 11 is 5.42. The Morgan fingerprint density at radius 2 is 1.70 bits per heavy atom. The third-order valence-corrected chi connectivity index (χ3v) is 5.83. The first-order valence-electron chi connectivity index (χ1n) is 6.67. The van der Waals surface area contributed by atoms with Gasteiger partial charge in [0, 0.05) is 15.8 Å². The van der Waals surface area contributed by atoms with Gasteiger partial charge in [-0.25, -0.2) is 0 Å². The van der Waals surface area contributed by atoms with Crippen LogP contribution in [0.25, 0.3) is 0 Å². The minimum Gasteiger partial charge on any atom is -0.302 e. The van der Waals surface area contributed by atoms with Crippen molar-refractivity contribution in [1.82, 2.24) is 5.32 Å². The molecule has 0 saturated heterocycles. The third-order valence-electron chi connectivity index (χ3n) is 3.23. The van der Waals surface area contributed by atoms with Crippen molar-refractivity contribution >= 4 is 34.0 Å². The number of thiophene rings is 3. The van der Waals surface area contributed by atoms with Crippen molar-refractivity contribution in [1.29, 1.82) is 0 Å². The summed E-state index contributed by atoms with van der Waals surface area (Å²) < 4.78 is 0. The number of nitrogens with one attached hydrogen (secondary N) is 1. The van der Waals surface area contributed by atoms with E-state index >= 15 is 0 Å². The van der Waals surface area contributed by atoms with Crippen LogP contribution in [0.15, 0.2) is 51.9 Å². The summed E-state index contributed by atoms with van der Waals surface area (Å²) in [6.45, 7) is 2.27. The lowest BCUT2D eigenvalue weighted by molar-refractivity contribution is 0.505. The van der Waals surface area contributed by atoms with Gasteiger partial charge in [0.1, 0.15) is 0 Å². The van der Waals surface area contributed by atoms with Gasteiger partial charge in [-0.3, -0.25) is 0 Å². The summed E-state index contributed by atoms with van der Waals surface area (Å²) in [5.74, 6) is 0. The van der Waals surface area contributed by atoms with Gasteiger partial charge in [0.2, 0.25) is 0 Å². The molecule has 3 aromatic rings. The lowest BCUT2D eigenvalue weighted by Gasteiger charge is -2.21. The third kappa shape index (κ3) is 3.38. The molecule has 0 fully saturated rings. The molecule has 3 rings (SSSR count). The Balaban J connectivity index is 1.73. The van der Waals surface area contributed by atoms with E-state index in [-0.39, 0.29) is 0 Å². The van der Waals surface area contributed by atoms with Crippen LogP contribution in [0.2, 0.25) is 0 Å². The van der Waals surface area contributed by atoms with Gasteiger partial charge in [-0.1, -0.05) is 12.1 Å². The molecular formula is C16H17NS3. The molecule has 0 aliphatic carbocycles. The van der Waals surface area contributed by atoms with Crippen LogP contribution in [0, 0.1) is 0 Å². The molecule has 4 heteroatoms. The van der Waals surface area contributed by atoms with E-state index in [1.807, 2.05) is 22.7 Å². The highest BCUT2D eigenvalue weighted by Gasteiger charge is 2.18. The molecule has 0 radical (unpaired) electrons. The van der Waals surface area contributed by atoms with E-state index in [1.165, 1.54) is 15.3 Å². The fourth-order valence-electron chi connectivity index (χ4n) is 2.32. The zero-order valence-electron chi connectivity index (χ0n) is 11.3. The summed E-state index contributed by atoms with van der Waals surface area (Å²) in [4.78, 5) is 2.79. The Hall–Kier alpha value is -0.940. The summed E-state index contributed by atoms with van der Waals surface area (Å²) in [5.41, 5.74) is 1.42. The predicted octanol–water partition coefficient (Wildman–Crippen LogP) is 5.18. The van der Waals surface area contributed by atoms with Crippen LogP contribution >= 0.6 is 34.0 Å². The topological polar surface area (TPSA) is 12.0 Å². The fraction of sp³-hybridized carbons (Fsp3) is 0.250. The molecule has 3 aromatic heterocycles. The maximum absolute atomic E-state index is 3.79. The van der Waals surface area contributed by atoms with Crippen molar-refractivity contribution in [3.05, 3.63) is 67.2 Å². The van der Waals surface area contributed by atoms with Crippen molar-refractivity contribution in [3.63, 3.8) is 0 Å². The Bertz CT molecular complexity index is 562. The monoisotopic (exact) mass is 319 g/mol. The van der Waals surface area contributed by atoms with Crippen molar-refractivity contribution < 1.29 is 0 Å². The van der Waals surface area contributed by atoms with Gasteiger partial charge in [-0.2, -0.15) is 11.3 Å². The lowest BCUT2D eigenvalue weighted by Crippen LogP contribution is -2.32. The Morgan fingerprint density at radius 1 is 1.00 bits per heavy atom. The van der Waals surface area contributed by atoms with Gasteiger partial charge in [0.25, 0.3) is 0 Å². The largest absolute Gasteiger partial charge is 0.302 e. The van der Waals surface area contributed by atoms with Crippen molar-refractivity contribution in [2.75, 3.05) is 0 Å². The maximum Gasteiger partial charge on any atom is 0.0767 e. The molecule has 20 heavy (non-hydrogen) atoms. The molecule has 0 saturated carbocycles. The average molecular weight is 320 g/mol. The second kappa shape index (κ2) is 6.68. The molecule has 0 bridgehead atoms. The van der Waals surface area contributed by atoms with Gasteiger partial charge in [-0.05, 0) is 58.6 Å². The number of hydrogen-bond acceptors (Lipinski definition) is 4. The highest BCUT2D eigenvalue weighted by molar-refractivity contribution is 7.11. The van der Waals surface area contributed by atoms with E-state index in [0.29, 0.717) is 12.1 Å². The van der Waals surface area contributed by atoms with Gasteiger partial charge in [-0.15, -0.1) is 22.7 Å². The molecule has 3 heterocycles. The van der Waals surface area contributed by atoms with E-state index in [2.05, 4.69) is 64.1 Å². The van der Waals surface area contributed by atoms with Crippen LogP contribution in [-0.2, 0) is 6.42 Å². The highest BCUT2D eigenvalue weighted by Crippen LogP contribution is 2.29. The summed E-state index contributed by atoms with van der Waals surface area (Å²) in [6.07, 6.45) is 1.08. The van der Waals surface area contributed by atoms with Crippen molar-refractivity contribution in [2.24, 2.45) is 0 Å². The SMILES string of the molecule is CC(Cc1ccsc1)NC(c1cccs1)c1cccs1. The van der Waals surface area contributed by atoms with Gasteiger partial charge < -0.3 is 5.32 Å². The average Bonchev–Trinajstić information content (AvgIpc) is 3.18. The molecule has 1 atom stereocenters. The minimum atomic E-state index is 0.323. The van der Waals surface area contributed by atoms with E-state index in [1.54, 1.807) is 11.3 Å². The van der Waals surface area contributed by atoms with Crippen molar-refractivity contribution in [2.45, 2.75) is 25.4 Å². The molecule has 0 aromatic carbocycles. The lowest BCUT2D eigenvalue weighted by atomic mass is 10.1. The molecule has 0 amide bonds. The Morgan fingerprint density at radius 3 is 2.20 bits per heavy atom. The molecule has 0 aliphatic heterocycles. The number of hydrogen-bond donors (Lipinski definition) is 1. The van der Waals surface area contributed by atoms with Crippen LogP contribution in [-0.4, -0.2) is 6.04 Å². The molecule has 104 valence electrons. The van der Waals surface area contributed by atoms with Crippen LogP contribution in [0.3, 0.4) is 0 Å². The zero-order valence-corrected chi connectivity index (χ0v) is 13.7. The maximum atomic E-state index is 3.79. The number of rotatable bonds is 6.